The second-order valence-electron chi connectivity index (χ2n) is 3.02. The lowest BCUT2D eigenvalue weighted by molar-refractivity contribution is 0.581. The van der Waals surface area contributed by atoms with Gasteiger partial charge in [0.25, 0.3) is 0 Å². The van der Waals surface area contributed by atoms with Gasteiger partial charge in [-0.15, -0.1) is 0 Å². The molecular formula is C9H10ClFN2O2S. The number of hydrogen-bond donors (Lipinski definition) is 2. The van der Waals surface area contributed by atoms with Crippen LogP contribution in [0.25, 0.3) is 0 Å². The standard InChI is InChI=1S/C9H10ClFN2O2S/c1-6(10)5-13-16(14,15)9-4-7(11)2-3-8(9)12/h2-4,13H,1,5,12H2. The van der Waals surface area contributed by atoms with Crippen LogP contribution in [0.4, 0.5) is 10.1 Å². The van der Waals surface area contributed by atoms with E-state index >= 15 is 0 Å². The molecule has 1 rings (SSSR count). The first-order valence-electron chi connectivity index (χ1n) is 4.21. The molecule has 88 valence electrons. The lowest BCUT2D eigenvalue weighted by atomic mass is 10.3. The highest BCUT2D eigenvalue weighted by molar-refractivity contribution is 7.89. The monoisotopic (exact) mass is 264 g/mol. The van der Waals surface area contributed by atoms with Crippen LogP contribution in [0.3, 0.4) is 0 Å². The Hall–Kier alpha value is -1.11. The second kappa shape index (κ2) is 4.82. The van der Waals surface area contributed by atoms with Crippen molar-refractivity contribution < 1.29 is 12.8 Å². The molecule has 1 aromatic carbocycles. The Morgan fingerprint density at radius 1 is 1.56 bits per heavy atom. The molecule has 0 aromatic heterocycles. The summed E-state index contributed by atoms with van der Waals surface area (Å²) < 4.78 is 38.3. The molecule has 0 aliphatic rings. The number of rotatable bonds is 4. The lowest BCUT2D eigenvalue weighted by Crippen LogP contribution is -2.25. The third kappa shape index (κ3) is 3.19. The molecule has 0 aliphatic carbocycles. The van der Waals surface area contributed by atoms with E-state index in [9.17, 15) is 12.8 Å². The lowest BCUT2D eigenvalue weighted by Gasteiger charge is -2.08. The van der Waals surface area contributed by atoms with Crippen molar-refractivity contribution in [1.82, 2.24) is 4.72 Å². The maximum absolute atomic E-state index is 12.9. The normalized spacial score (nSPS) is 11.4. The zero-order valence-corrected chi connectivity index (χ0v) is 9.78. The van der Waals surface area contributed by atoms with Crippen molar-refractivity contribution in [1.29, 1.82) is 0 Å². The Morgan fingerprint density at radius 2 is 2.19 bits per heavy atom. The minimum Gasteiger partial charge on any atom is -0.398 e. The third-order valence-corrected chi connectivity index (χ3v) is 3.31. The molecule has 0 saturated heterocycles. The zero-order valence-electron chi connectivity index (χ0n) is 8.20. The van der Waals surface area contributed by atoms with Crippen LogP contribution in [0.1, 0.15) is 0 Å². The number of benzene rings is 1. The van der Waals surface area contributed by atoms with Crippen LogP contribution < -0.4 is 10.5 Å². The van der Waals surface area contributed by atoms with Crippen molar-refractivity contribution in [2.24, 2.45) is 0 Å². The Kier molecular flexibility index (Phi) is 3.90. The average Bonchev–Trinajstić information content (AvgIpc) is 2.19. The predicted octanol–water partition coefficient (Wildman–Crippen LogP) is 1.44. The smallest absolute Gasteiger partial charge is 0.243 e. The van der Waals surface area contributed by atoms with Gasteiger partial charge in [0.05, 0.1) is 5.69 Å². The van der Waals surface area contributed by atoms with Crippen molar-refractivity contribution in [2.45, 2.75) is 4.90 Å². The molecule has 3 N–H and O–H groups in total. The van der Waals surface area contributed by atoms with Gasteiger partial charge in [-0.3, -0.25) is 0 Å². The molecule has 0 amide bonds. The predicted molar refractivity (Wildman–Crippen MR) is 61.0 cm³/mol. The number of halogens is 2. The highest BCUT2D eigenvalue weighted by Gasteiger charge is 2.17. The molecule has 0 saturated carbocycles. The fourth-order valence-corrected chi connectivity index (χ4v) is 2.30. The van der Waals surface area contributed by atoms with Crippen molar-refractivity contribution in [3.63, 3.8) is 0 Å². The highest BCUT2D eigenvalue weighted by Crippen LogP contribution is 2.19. The summed E-state index contributed by atoms with van der Waals surface area (Å²) in [5.74, 6) is -0.681. The Balaban J connectivity index is 3.07. The molecular weight excluding hydrogens is 255 g/mol. The zero-order chi connectivity index (χ0) is 12.3. The van der Waals surface area contributed by atoms with Gasteiger partial charge < -0.3 is 5.73 Å². The second-order valence-corrected chi connectivity index (χ2v) is 5.29. The molecule has 0 spiro atoms. The molecule has 1 aromatic rings. The van der Waals surface area contributed by atoms with Crippen molar-refractivity contribution in [3.8, 4) is 0 Å². The molecule has 16 heavy (non-hydrogen) atoms. The number of nitrogens with two attached hydrogens (primary N) is 1. The number of nitrogens with one attached hydrogen (secondary N) is 1. The summed E-state index contributed by atoms with van der Waals surface area (Å²) in [6, 6.07) is 3.10. The first kappa shape index (κ1) is 13.0. The van der Waals surface area contributed by atoms with Gasteiger partial charge in [0.1, 0.15) is 10.7 Å². The van der Waals surface area contributed by atoms with Crippen molar-refractivity contribution in [3.05, 3.63) is 35.6 Å². The maximum atomic E-state index is 12.9. The minimum atomic E-state index is -3.87. The SMILES string of the molecule is C=C(Cl)CNS(=O)(=O)c1cc(F)ccc1N. The largest absolute Gasteiger partial charge is 0.398 e. The Morgan fingerprint density at radius 3 is 2.75 bits per heavy atom. The molecule has 7 heteroatoms. The quantitative estimate of drug-likeness (QED) is 0.809. The van der Waals surface area contributed by atoms with E-state index in [1.165, 1.54) is 6.07 Å². The van der Waals surface area contributed by atoms with Gasteiger partial charge in [-0.25, -0.2) is 17.5 Å². The first-order valence-corrected chi connectivity index (χ1v) is 6.07. The third-order valence-electron chi connectivity index (χ3n) is 1.72. The summed E-state index contributed by atoms with van der Waals surface area (Å²) in [7, 11) is -3.87. The van der Waals surface area contributed by atoms with Crippen LogP contribution in [0.15, 0.2) is 34.7 Å². The van der Waals surface area contributed by atoms with Crippen LogP contribution in [-0.4, -0.2) is 15.0 Å². The van der Waals surface area contributed by atoms with E-state index in [-0.39, 0.29) is 22.2 Å². The van der Waals surface area contributed by atoms with E-state index in [0.29, 0.717) is 0 Å². The van der Waals surface area contributed by atoms with E-state index in [4.69, 9.17) is 17.3 Å². The number of hydrogen-bond acceptors (Lipinski definition) is 3. The van der Waals surface area contributed by atoms with Crippen molar-refractivity contribution in [2.75, 3.05) is 12.3 Å². The molecule has 0 unspecified atom stereocenters. The van der Waals surface area contributed by atoms with Crippen molar-refractivity contribution >= 4 is 27.3 Å². The van der Waals surface area contributed by atoms with E-state index in [1.54, 1.807) is 0 Å². The average molecular weight is 265 g/mol. The molecule has 0 aliphatic heterocycles. The van der Waals surface area contributed by atoms with Gasteiger partial charge in [0.2, 0.25) is 10.0 Å². The van der Waals surface area contributed by atoms with Crippen LogP contribution in [0.5, 0.6) is 0 Å². The van der Waals surface area contributed by atoms with Gasteiger partial charge in [-0.05, 0) is 18.2 Å². The Bertz CT molecular complexity index is 516. The topological polar surface area (TPSA) is 72.2 Å². The Labute approximate surface area is 98.0 Å². The van der Waals surface area contributed by atoms with Gasteiger partial charge >= 0.3 is 0 Å². The number of anilines is 1. The molecule has 0 atom stereocenters. The van der Waals surface area contributed by atoms with E-state index in [2.05, 4.69) is 11.3 Å². The highest BCUT2D eigenvalue weighted by atomic mass is 35.5. The molecule has 0 bridgehead atoms. The van der Waals surface area contributed by atoms with Crippen LogP contribution in [0, 0.1) is 5.82 Å². The summed E-state index contributed by atoms with van der Waals surface area (Å²) in [5, 5.41) is 0.124. The van der Waals surface area contributed by atoms with Crippen LogP contribution in [-0.2, 0) is 10.0 Å². The fraction of sp³-hybridized carbons (Fsp3) is 0.111. The van der Waals surface area contributed by atoms with E-state index in [0.717, 1.165) is 12.1 Å². The molecule has 0 radical (unpaired) electrons. The first-order chi connectivity index (χ1) is 7.33. The summed E-state index contributed by atoms with van der Waals surface area (Å²) in [6.45, 7) is 3.19. The maximum Gasteiger partial charge on any atom is 0.243 e. The molecule has 0 heterocycles. The van der Waals surface area contributed by atoms with Gasteiger partial charge in [-0.1, -0.05) is 18.2 Å². The fourth-order valence-electron chi connectivity index (χ4n) is 0.992. The summed E-state index contributed by atoms with van der Waals surface area (Å²) >= 11 is 5.42. The molecule has 4 nitrogen and oxygen atoms in total. The molecule has 0 fully saturated rings. The van der Waals surface area contributed by atoms with Gasteiger partial charge in [-0.2, -0.15) is 0 Å². The van der Waals surface area contributed by atoms with E-state index < -0.39 is 15.8 Å². The summed E-state index contributed by atoms with van der Waals surface area (Å²) in [6.07, 6.45) is 0. The number of nitrogen functional groups attached to an aromatic ring is 1. The summed E-state index contributed by atoms with van der Waals surface area (Å²) in [4.78, 5) is -0.314. The minimum absolute atomic E-state index is 0.0333. The van der Waals surface area contributed by atoms with Gasteiger partial charge in [0.15, 0.2) is 0 Å². The van der Waals surface area contributed by atoms with Crippen LogP contribution >= 0.6 is 11.6 Å². The van der Waals surface area contributed by atoms with E-state index in [1.807, 2.05) is 0 Å². The summed E-state index contributed by atoms with van der Waals surface area (Å²) in [5.41, 5.74) is 5.41. The number of sulfonamides is 1. The van der Waals surface area contributed by atoms with Crippen LogP contribution in [0.2, 0.25) is 0 Å². The van der Waals surface area contributed by atoms with Gasteiger partial charge in [0, 0.05) is 11.6 Å².